The van der Waals surface area contributed by atoms with Gasteiger partial charge in [0.15, 0.2) is 0 Å². The summed E-state index contributed by atoms with van der Waals surface area (Å²) < 4.78 is 10.6. The fraction of sp³-hybridized carbons (Fsp3) is 0.241. The molecule has 1 amide bonds. The van der Waals surface area contributed by atoms with Crippen LogP contribution >= 0.6 is 0 Å². The summed E-state index contributed by atoms with van der Waals surface area (Å²) in [6.07, 6.45) is 0. The Balaban J connectivity index is 1.90. The lowest BCUT2D eigenvalue weighted by Gasteiger charge is -2.27. The number of aliphatic hydroxyl groups excluding tert-OH is 1. The molecule has 6 nitrogen and oxygen atoms in total. The average molecular weight is 472 g/mol. The normalized spacial score (nSPS) is 17.5. The smallest absolute Gasteiger partial charge is 0.300 e. The van der Waals surface area contributed by atoms with Crippen molar-refractivity contribution < 1.29 is 24.2 Å². The fourth-order valence-corrected chi connectivity index (χ4v) is 4.25. The largest absolute Gasteiger partial charge is 0.507 e. The Bertz CT molecular complexity index is 1280. The first-order chi connectivity index (χ1) is 16.7. The highest BCUT2D eigenvalue weighted by molar-refractivity contribution is 6.51. The molecule has 6 heteroatoms. The zero-order chi connectivity index (χ0) is 25.3. The highest BCUT2D eigenvalue weighted by Crippen LogP contribution is 2.43. The van der Waals surface area contributed by atoms with Crippen molar-refractivity contribution in [1.82, 2.24) is 0 Å². The molecule has 35 heavy (non-hydrogen) atoms. The van der Waals surface area contributed by atoms with Crippen molar-refractivity contribution in [2.75, 3.05) is 19.1 Å². The molecule has 0 saturated carbocycles. The first kappa shape index (κ1) is 24.1. The van der Waals surface area contributed by atoms with E-state index in [1.165, 1.54) is 4.90 Å². The molecular weight excluding hydrogens is 442 g/mol. The molecule has 1 heterocycles. The lowest BCUT2D eigenvalue weighted by atomic mass is 9.87. The number of ether oxygens (including phenoxy) is 2. The zero-order valence-corrected chi connectivity index (χ0v) is 20.5. The number of ketones is 1. The van der Waals surface area contributed by atoms with Gasteiger partial charge in [-0.1, -0.05) is 45.0 Å². The summed E-state index contributed by atoms with van der Waals surface area (Å²) in [6, 6.07) is 20.6. The van der Waals surface area contributed by atoms with Crippen molar-refractivity contribution >= 4 is 23.1 Å². The molecule has 0 aromatic heterocycles. The second-order valence-electron chi connectivity index (χ2n) is 9.47. The number of Topliss-reactive ketones (excluding diaryl/α,β-unsaturated/α-hetero) is 1. The average Bonchev–Trinajstić information content (AvgIpc) is 3.13. The van der Waals surface area contributed by atoms with Crippen LogP contribution in [0.1, 0.15) is 43.5 Å². The van der Waals surface area contributed by atoms with Crippen molar-refractivity contribution in [2.24, 2.45) is 0 Å². The summed E-state index contributed by atoms with van der Waals surface area (Å²) in [5, 5.41) is 11.3. The number of methoxy groups -OCH3 is 2. The van der Waals surface area contributed by atoms with Crippen LogP contribution in [-0.4, -0.2) is 31.0 Å². The molecule has 0 spiro atoms. The van der Waals surface area contributed by atoms with Gasteiger partial charge < -0.3 is 14.6 Å². The van der Waals surface area contributed by atoms with Gasteiger partial charge >= 0.3 is 0 Å². The van der Waals surface area contributed by atoms with Crippen LogP contribution in [0.2, 0.25) is 0 Å². The van der Waals surface area contributed by atoms with E-state index in [9.17, 15) is 14.7 Å². The molecule has 1 N–H and O–H groups in total. The van der Waals surface area contributed by atoms with E-state index in [2.05, 4.69) is 20.8 Å². The number of carbonyl (C=O) groups excluding carboxylic acids is 2. The molecular formula is C29H29NO5. The lowest BCUT2D eigenvalue weighted by molar-refractivity contribution is -0.132. The predicted octanol–water partition coefficient (Wildman–Crippen LogP) is 5.63. The maximum atomic E-state index is 13.4. The maximum absolute atomic E-state index is 13.4. The molecule has 180 valence electrons. The number of rotatable bonds is 5. The van der Waals surface area contributed by atoms with Gasteiger partial charge in [-0.2, -0.15) is 0 Å². The number of hydrogen-bond donors (Lipinski definition) is 1. The monoisotopic (exact) mass is 471 g/mol. The predicted molar refractivity (Wildman–Crippen MR) is 136 cm³/mol. The molecule has 1 aliphatic heterocycles. The third kappa shape index (κ3) is 4.52. The molecule has 1 fully saturated rings. The van der Waals surface area contributed by atoms with Gasteiger partial charge in [-0.15, -0.1) is 0 Å². The summed E-state index contributed by atoms with van der Waals surface area (Å²) in [4.78, 5) is 28.1. The van der Waals surface area contributed by atoms with Crippen molar-refractivity contribution in [3.63, 3.8) is 0 Å². The van der Waals surface area contributed by atoms with E-state index in [1.54, 1.807) is 56.7 Å². The Hall–Kier alpha value is -4.06. The number of hydrogen-bond acceptors (Lipinski definition) is 5. The molecule has 1 saturated heterocycles. The van der Waals surface area contributed by atoms with E-state index in [0.717, 1.165) is 5.56 Å². The summed E-state index contributed by atoms with van der Waals surface area (Å²) in [5.41, 5.74) is 2.70. The Morgan fingerprint density at radius 2 is 1.49 bits per heavy atom. The van der Waals surface area contributed by atoms with Gasteiger partial charge in [-0.25, -0.2) is 0 Å². The minimum absolute atomic E-state index is 0.0216. The van der Waals surface area contributed by atoms with Gasteiger partial charge in [0, 0.05) is 11.3 Å². The number of amides is 1. The highest BCUT2D eigenvalue weighted by atomic mass is 16.5. The number of benzene rings is 3. The molecule has 0 bridgehead atoms. The number of anilines is 1. The SMILES string of the molecule is COc1ccc(/C(O)=C2/C(=O)C(=O)N(c3ccc(C(C)(C)C)cc3)C2c2cccc(OC)c2)cc1. The molecule has 1 atom stereocenters. The van der Waals surface area contributed by atoms with E-state index in [1.807, 2.05) is 30.3 Å². The fourth-order valence-electron chi connectivity index (χ4n) is 4.25. The third-order valence-corrected chi connectivity index (χ3v) is 6.23. The Morgan fingerprint density at radius 3 is 2.06 bits per heavy atom. The van der Waals surface area contributed by atoms with Crippen molar-refractivity contribution in [1.29, 1.82) is 0 Å². The standard InChI is InChI=1S/C29H29NO5/c1-29(2,3)20-11-13-21(14-12-20)30-25(19-7-6-8-23(17-19)35-5)24(27(32)28(30)33)26(31)18-9-15-22(34-4)16-10-18/h6-17,25,31H,1-5H3/b26-24-. The van der Waals surface area contributed by atoms with Gasteiger partial charge in [0.2, 0.25) is 0 Å². The van der Waals surface area contributed by atoms with E-state index < -0.39 is 17.7 Å². The van der Waals surface area contributed by atoms with Crippen molar-refractivity contribution in [3.05, 3.63) is 95.1 Å². The van der Waals surface area contributed by atoms with E-state index >= 15 is 0 Å². The number of carbonyl (C=O) groups is 2. The zero-order valence-electron chi connectivity index (χ0n) is 20.5. The molecule has 4 rings (SSSR count). The van der Waals surface area contributed by atoms with Crippen LogP contribution in [0.15, 0.2) is 78.4 Å². The van der Waals surface area contributed by atoms with E-state index in [-0.39, 0.29) is 16.7 Å². The minimum atomic E-state index is -0.826. The minimum Gasteiger partial charge on any atom is -0.507 e. The van der Waals surface area contributed by atoms with Crippen LogP contribution in [-0.2, 0) is 15.0 Å². The van der Waals surface area contributed by atoms with Crippen LogP contribution in [0.4, 0.5) is 5.69 Å². The molecule has 1 aliphatic rings. The maximum Gasteiger partial charge on any atom is 0.300 e. The Labute approximate surface area is 205 Å². The molecule has 3 aromatic rings. The van der Waals surface area contributed by atoms with Crippen molar-refractivity contribution in [2.45, 2.75) is 32.2 Å². The molecule has 1 unspecified atom stereocenters. The first-order valence-electron chi connectivity index (χ1n) is 11.4. The Kier molecular flexibility index (Phi) is 6.39. The second kappa shape index (κ2) is 9.29. The number of aliphatic hydroxyl groups is 1. The van der Waals surface area contributed by atoms with Gasteiger partial charge in [0.1, 0.15) is 17.3 Å². The quantitative estimate of drug-likeness (QED) is 0.297. The van der Waals surface area contributed by atoms with Gasteiger partial charge in [0.25, 0.3) is 11.7 Å². The third-order valence-electron chi connectivity index (χ3n) is 6.23. The van der Waals surface area contributed by atoms with Gasteiger partial charge in [0.05, 0.1) is 25.8 Å². The van der Waals surface area contributed by atoms with Crippen LogP contribution in [0.5, 0.6) is 11.5 Å². The van der Waals surface area contributed by atoms with E-state index in [0.29, 0.717) is 28.3 Å². The van der Waals surface area contributed by atoms with E-state index in [4.69, 9.17) is 9.47 Å². The molecule has 3 aromatic carbocycles. The van der Waals surface area contributed by atoms with Crippen LogP contribution in [0, 0.1) is 0 Å². The van der Waals surface area contributed by atoms with Gasteiger partial charge in [-0.05, 0) is 65.1 Å². The topological polar surface area (TPSA) is 76.1 Å². The van der Waals surface area contributed by atoms with Crippen LogP contribution < -0.4 is 14.4 Å². The van der Waals surface area contributed by atoms with Crippen LogP contribution in [0.3, 0.4) is 0 Å². The molecule has 0 radical (unpaired) electrons. The molecule has 0 aliphatic carbocycles. The summed E-state index contributed by atoms with van der Waals surface area (Å²) in [6.45, 7) is 6.33. The van der Waals surface area contributed by atoms with Crippen molar-refractivity contribution in [3.8, 4) is 11.5 Å². The lowest BCUT2D eigenvalue weighted by Crippen LogP contribution is -2.29. The number of nitrogens with zero attached hydrogens (tertiary/aromatic N) is 1. The second-order valence-corrected chi connectivity index (χ2v) is 9.47. The summed E-state index contributed by atoms with van der Waals surface area (Å²) in [7, 11) is 3.10. The first-order valence-corrected chi connectivity index (χ1v) is 11.4. The summed E-state index contributed by atoms with van der Waals surface area (Å²) >= 11 is 0. The highest BCUT2D eigenvalue weighted by Gasteiger charge is 2.47. The summed E-state index contributed by atoms with van der Waals surface area (Å²) in [5.74, 6) is -0.485. The Morgan fingerprint density at radius 1 is 0.857 bits per heavy atom. The van der Waals surface area contributed by atoms with Gasteiger partial charge in [-0.3, -0.25) is 14.5 Å². The van der Waals surface area contributed by atoms with Crippen LogP contribution in [0.25, 0.3) is 5.76 Å².